The van der Waals surface area contributed by atoms with Crippen LogP contribution in [0.4, 0.5) is 11.9 Å². The Balaban J connectivity index is 0.000000235. The second-order valence-electron chi connectivity index (χ2n) is 24.2. The highest BCUT2D eigenvalue weighted by Crippen LogP contribution is 2.51. The fraction of sp³-hybridized carbons (Fsp3) is 0.420. The lowest BCUT2D eigenvalue weighted by Gasteiger charge is -2.27. The standard InChI is InChI=1S/C35H45N6O9P.C34H43N6O9P/c1-6-8-10-13-20-47-32(43)23(3)40-51(45,50-26-18-14-16-24-15-11-12-17-25(24)26)48-21-27-29(42)35(4,44)33(49-27)41-22-37-28-30(41)38-34(36-5)39-31(28)46-19-9-7-2;1-5-7-9-12-19-46-31(42)22(3)39-50(44,49-25-17-13-15-23-14-10-11-16-24(23)25)47-20-26-28(41)34(4,43)32(48-26)40-21-36-27-29(40)37-33(35)38-30(27)45-18-8-6-2/h6-7,11-12,14-18,22-23,27,29,33,42,44H,1-2,8-10,13,19-21H2,3-5H3,(H,40,45)(H,36,38,39);5-6,10-11,13-17,21-22,26,28,32,41,43H,1-2,7-9,12,18-20H2,3-4H3,(H,39,44)(H2,35,37,38)/t23-,27?,29+,33?,35+,51?;22-,26?,28+,32?,34+,50?/m00/s1. The molecular weight excluding hydrogens is 1350 g/mol. The molecule has 30 nitrogen and oxygen atoms in total. The van der Waals surface area contributed by atoms with Crippen LogP contribution in [0.15, 0.2) is 148 Å². The van der Waals surface area contributed by atoms with E-state index in [-0.39, 0.29) is 71.8 Å². The fourth-order valence-electron chi connectivity index (χ4n) is 11.0. The van der Waals surface area contributed by atoms with Gasteiger partial charge in [0.1, 0.15) is 59.2 Å². The number of aliphatic hydroxyl groups excluding tert-OH is 2. The molecule has 101 heavy (non-hydrogen) atoms. The van der Waals surface area contributed by atoms with Crippen molar-refractivity contribution in [2.75, 3.05) is 57.7 Å². The molecule has 32 heteroatoms. The van der Waals surface area contributed by atoms with E-state index in [1.54, 1.807) is 73.8 Å². The van der Waals surface area contributed by atoms with Gasteiger partial charge in [-0.2, -0.15) is 30.1 Å². The highest BCUT2D eigenvalue weighted by Gasteiger charge is 2.56. The number of aliphatic hydroxyl groups is 4. The van der Waals surface area contributed by atoms with Gasteiger partial charge in [-0.25, -0.2) is 19.1 Å². The van der Waals surface area contributed by atoms with Crippen LogP contribution >= 0.6 is 15.5 Å². The number of aromatic nitrogens is 8. The largest absolute Gasteiger partial charge is 0.476 e. The van der Waals surface area contributed by atoms with Crippen molar-refractivity contribution < 1.29 is 85.7 Å². The van der Waals surface area contributed by atoms with Gasteiger partial charge in [-0.1, -0.05) is 97.1 Å². The molecule has 4 aromatic heterocycles. The van der Waals surface area contributed by atoms with Crippen LogP contribution in [0.25, 0.3) is 43.9 Å². The lowest BCUT2D eigenvalue weighted by molar-refractivity contribution is -0.146. The number of nitrogens with one attached hydrogen (secondary N) is 3. The minimum absolute atomic E-state index is 0.104. The van der Waals surface area contributed by atoms with Crippen LogP contribution in [0, 0.1) is 0 Å². The molecule has 6 unspecified atom stereocenters. The number of anilines is 2. The van der Waals surface area contributed by atoms with Gasteiger partial charge in [0.2, 0.25) is 23.7 Å². The third-order valence-electron chi connectivity index (χ3n) is 16.4. The van der Waals surface area contributed by atoms with E-state index in [1.807, 2.05) is 42.5 Å². The molecule has 2 aliphatic heterocycles. The van der Waals surface area contributed by atoms with Crippen molar-refractivity contribution in [1.29, 1.82) is 0 Å². The van der Waals surface area contributed by atoms with Crippen LogP contribution < -0.4 is 39.7 Å². The van der Waals surface area contributed by atoms with E-state index in [9.17, 15) is 39.1 Å². The first-order chi connectivity index (χ1) is 48.5. The first-order valence-electron chi connectivity index (χ1n) is 32.9. The molecule has 0 spiro atoms. The predicted octanol–water partition coefficient (Wildman–Crippen LogP) is 9.67. The van der Waals surface area contributed by atoms with Crippen LogP contribution in [0.2, 0.25) is 0 Å². The normalized spacial score (nSPS) is 22.1. The summed E-state index contributed by atoms with van der Waals surface area (Å²) in [5, 5.41) is 56.8. The zero-order valence-electron chi connectivity index (χ0n) is 56.9. The quantitative estimate of drug-likeness (QED) is 0.00777. The average molecular weight is 1440 g/mol. The second kappa shape index (κ2) is 34.8. The lowest BCUT2D eigenvalue weighted by Crippen LogP contribution is -2.44. The predicted molar refractivity (Wildman–Crippen MR) is 378 cm³/mol. The number of rotatable bonds is 37. The first kappa shape index (κ1) is 76.4. The van der Waals surface area contributed by atoms with Gasteiger partial charge >= 0.3 is 27.4 Å². The Morgan fingerprint density at radius 3 is 1.46 bits per heavy atom. The van der Waals surface area contributed by atoms with Gasteiger partial charge in [-0.05, 0) is 102 Å². The molecule has 8 aromatic rings. The fourth-order valence-corrected chi connectivity index (χ4v) is 14.0. The van der Waals surface area contributed by atoms with Crippen molar-refractivity contribution in [2.45, 2.75) is 139 Å². The van der Waals surface area contributed by atoms with Crippen molar-refractivity contribution in [2.24, 2.45) is 0 Å². The average Bonchev–Trinajstić information content (AvgIpc) is 1.58. The number of nitrogens with two attached hydrogens (primary N) is 1. The Morgan fingerprint density at radius 2 is 1.02 bits per heavy atom. The van der Waals surface area contributed by atoms with E-state index in [4.69, 9.17) is 52.2 Å². The summed E-state index contributed by atoms with van der Waals surface area (Å²) < 4.78 is 90.0. The summed E-state index contributed by atoms with van der Waals surface area (Å²) in [5.41, 5.74) is 3.17. The van der Waals surface area contributed by atoms with E-state index in [0.29, 0.717) is 48.6 Å². The van der Waals surface area contributed by atoms with Crippen molar-refractivity contribution in [3.63, 3.8) is 0 Å². The SMILES string of the molecule is C=CCCCCOC(=O)[C@H](C)NP(=O)(OCC1OC(n2cnc3c(OCCC=C)nc(N)nc32)[C@](C)(O)[C@@H]1O)Oc1cccc2ccccc12.C=CCCCCOC(=O)[C@H](C)NP(=O)(OCC1OC(n2cnc3c(OCCC=C)nc(NC)nc32)[C@](C)(O)[C@@H]1O)Oc1cccc2ccccc12. The molecule has 4 aromatic carbocycles. The van der Waals surface area contributed by atoms with Gasteiger partial charge in [-0.15, -0.1) is 26.3 Å². The van der Waals surface area contributed by atoms with Crippen molar-refractivity contribution in [1.82, 2.24) is 49.2 Å². The number of hydrogen-bond acceptors (Lipinski definition) is 26. The number of allylic oxidation sites excluding steroid dienone is 2. The number of benzene rings is 4. The van der Waals surface area contributed by atoms with Gasteiger partial charge in [-0.3, -0.25) is 27.8 Å². The Labute approximate surface area is 584 Å². The number of esters is 2. The molecule has 0 bridgehead atoms. The van der Waals surface area contributed by atoms with Crippen LogP contribution in [0.3, 0.4) is 0 Å². The molecule has 12 atom stereocenters. The molecule has 10 rings (SSSR count). The summed E-state index contributed by atoms with van der Waals surface area (Å²) in [6.07, 6.45) is 7.37. The maximum atomic E-state index is 14.4. The molecule has 6 heterocycles. The first-order valence-corrected chi connectivity index (χ1v) is 36.0. The van der Waals surface area contributed by atoms with Gasteiger partial charge in [0, 0.05) is 17.8 Å². The number of imidazole rings is 2. The molecule has 2 saturated heterocycles. The second-order valence-corrected chi connectivity index (χ2v) is 27.6. The molecule has 0 saturated carbocycles. The summed E-state index contributed by atoms with van der Waals surface area (Å²) in [6, 6.07) is 22.9. The van der Waals surface area contributed by atoms with E-state index in [2.05, 4.69) is 71.7 Å². The summed E-state index contributed by atoms with van der Waals surface area (Å²) >= 11 is 0. The molecule has 9 N–H and O–H groups in total. The number of nitrogens with zero attached hydrogens (tertiary/aromatic N) is 8. The summed E-state index contributed by atoms with van der Waals surface area (Å²) in [7, 11) is -7.13. The number of ether oxygens (including phenoxy) is 6. The van der Waals surface area contributed by atoms with Gasteiger partial charge in [0.05, 0.1) is 52.3 Å². The number of fused-ring (bicyclic) bond motifs is 4. The molecule has 0 aliphatic carbocycles. The summed E-state index contributed by atoms with van der Waals surface area (Å²) in [6.45, 7) is 20.4. The topological polar surface area (TPSA) is 391 Å². The molecule has 0 radical (unpaired) electrons. The van der Waals surface area contributed by atoms with Crippen LogP contribution in [-0.4, -0.2) is 166 Å². The molecule has 2 aliphatic rings. The number of carbonyl (C=O) groups is 2. The Hall–Kier alpha value is -8.74. The van der Waals surface area contributed by atoms with Gasteiger partial charge in [0.25, 0.3) is 0 Å². The van der Waals surface area contributed by atoms with E-state index < -0.39 is 101 Å². The summed E-state index contributed by atoms with van der Waals surface area (Å²) in [5.74, 6) is -0.362. The smallest absolute Gasteiger partial charge is 0.459 e. The van der Waals surface area contributed by atoms with Crippen LogP contribution in [0.5, 0.6) is 23.3 Å². The molecular formula is C69H88N12O18P2. The number of hydrogen-bond donors (Lipinski definition) is 8. The van der Waals surface area contributed by atoms with Crippen LogP contribution in [0.1, 0.15) is 91.5 Å². The minimum Gasteiger partial charge on any atom is -0.476 e. The molecule has 542 valence electrons. The number of unbranched alkanes of at least 4 members (excludes halogenated alkanes) is 4. The maximum Gasteiger partial charge on any atom is 0.459 e. The Morgan fingerprint density at radius 1 is 0.604 bits per heavy atom. The third-order valence-corrected chi connectivity index (χ3v) is 19.7. The highest BCUT2D eigenvalue weighted by molar-refractivity contribution is 7.52. The summed E-state index contributed by atoms with van der Waals surface area (Å²) in [4.78, 5) is 51.7. The van der Waals surface area contributed by atoms with Gasteiger partial charge < -0.3 is 68.9 Å². The Kier molecular flexibility index (Phi) is 26.3. The van der Waals surface area contributed by atoms with Crippen LogP contribution in [-0.2, 0) is 46.7 Å². The van der Waals surface area contributed by atoms with Crippen molar-refractivity contribution in [3.8, 4) is 23.3 Å². The molecule has 2 fully saturated rings. The van der Waals surface area contributed by atoms with E-state index in [1.165, 1.54) is 49.5 Å². The number of carbonyl (C=O) groups excluding carboxylic acids is 2. The molecule has 0 amide bonds. The lowest BCUT2D eigenvalue weighted by atomic mass is 9.96. The zero-order chi connectivity index (χ0) is 72.5. The minimum atomic E-state index is -4.39. The van der Waals surface area contributed by atoms with E-state index >= 15 is 0 Å². The zero-order valence-corrected chi connectivity index (χ0v) is 58.7. The van der Waals surface area contributed by atoms with Gasteiger partial charge in [0.15, 0.2) is 34.8 Å². The van der Waals surface area contributed by atoms with Crippen molar-refractivity contribution >= 4 is 83.2 Å². The van der Waals surface area contributed by atoms with Crippen molar-refractivity contribution in [3.05, 3.63) is 148 Å². The number of nitrogen functional groups attached to an aromatic ring is 1. The van der Waals surface area contributed by atoms with E-state index in [0.717, 1.165) is 36.5 Å². The maximum absolute atomic E-state index is 14.4. The third kappa shape index (κ3) is 18.7. The monoisotopic (exact) mass is 1430 g/mol. The highest BCUT2D eigenvalue weighted by atomic mass is 31.2. The Bertz CT molecular complexity index is 4280.